The molecule has 7 heavy (non-hydrogen) atoms. The van der Waals surface area contributed by atoms with Gasteiger partial charge in [-0.25, -0.2) is 0 Å². The van der Waals surface area contributed by atoms with E-state index < -0.39 is 0 Å². The summed E-state index contributed by atoms with van der Waals surface area (Å²) in [6, 6.07) is 0. The molecule has 0 amide bonds. The van der Waals surface area contributed by atoms with Crippen LogP contribution in [0, 0.1) is 11.8 Å². The summed E-state index contributed by atoms with van der Waals surface area (Å²) in [4.78, 5) is 0. The highest BCUT2D eigenvalue weighted by Crippen LogP contribution is 2.45. The van der Waals surface area contributed by atoms with Crippen molar-refractivity contribution in [2.45, 2.75) is 6.42 Å². The van der Waals surface area contributed by atoms with Gasteiger partial charge in [-0.1, -0.05) is 9.39 Å². The van der Waals surface area contributed by atoms with E-state index in [1.54, 1.807) is 0 Å². The Morgan fingerprint density at radius 1 is 1.29 bits per heavy atom. The van der Waals surface area contributed by atoms with Crippen molar-refractivity contribution in [1.29, 1.82) is 0 Å². The van der Waals surface area contributed by atoms with E-state index in [9.17, 15) is 0 Å². The standard InChI is InChI=1S/C5H10NP/c7-6-2-4-1-5(4)3-6/h4-5H,1-3,7H2. The molecular weight excluding hydrogens is 105 g/mol. The maximum Gasteiger partial charge on any atom is 0.00479 e. The first-order chi connectivity index (χ1) is 3.36. The first-order valence-corrected chi connectivity index (χ1v) is 3.37. The molecular formula is C5H10NP. The second-order valence-corrected chi connectivity index (χ2v) is 3.44. The zero-order valence-electron chi connectivity index (χ0n) is 4.30. The molecule has 1 heterocycles. The summed E-state index contributed by atoms with van der Waals surface area (Å²) < 4.78 is 2.35. The van der Waals surface area contributed by atoms with E-state index in [0.29, 0.717) is 0 Å². The smallest absolute Gasteiger partial charge is 0.00479 e. The summed E-state index contributed by atoms with van der Waals surface area (Å²) >= 11 is 0. The van der Waals surface area contributed by atoms with Crippen molar-refractivity contribution in [2.24, 2.45) is 11.8 Å². The third-order valence-electron chi connectivity index (χ3n) is 2.01. The van der Waals surface area contributed by atoms with Gasteiger partial charge in [-0.05, 0) is 18.3 Å². The maximum atomic E-state index is 2.76. The molecule has 2 heteroatoms. The Bertz CT molecular complexity index is 84.1. The average Bonchev–Trinajstić information content (AvgIpc) is 2.15. The molecule has 1 aliphatic heterocycles. The summed E-state index contributed by atoms with van der Waals surface area (Å²) in [5, 5.41) is 0. The minimum Gasteiger partial charge on any atom is -0.287 e. The van der Waals surface area contributed by atoms with E-state index >= 15 is 0 Å². The van der Waals surface area contributed by atoms with Gasteiger partial charge in [-0.3, -0.25) is 4.67 Å². The largest absolute Gasteiger partial charge is 0.287 e. The second-order valence-electron chi connectivity index (χ2n) is 2.71. The number of rotatable bonds is 0. The van der Waals surface area contributed by atoms with Crippen LogP contribution in [0.3, 0.4) is 0 Å². The van der Waals surface area contributed by atoms with E-state index in [1.165, 1.54) is 19.5 Å². The zero-order chi connectivity index (χ0) is 4.85. The number of piperidine rings is 1. The lowest BCUT2D eigenvalue weighted by Gasteiger charge is -2.06. The van der Waals surface area contributed by atoms with Gasteiger partial charge in [0.2, 0.25) is 0 Å². The highest BCUT2D eigenvalue weighted by atomic mass is 31.0. The predicted octanol–water partition coefficient (Wildman–Crippen LogP) is 0.728. The van der Waals surface area contributed by atoms with Crippen LogP contribution in [-0.4, -0.2) is 17.8 Å². The molecule has 1 aliphatic carbocycles. The van der Waals surface area contributed by atoms with Crippen LogP contribution in [0.2, 0.25) is 0 Å². The Hall–Kier alpha value is 0.390. The van der Waals surface area contributed by atoms with Crippen molar-refractivity contribution in [3.63, 3.8) is 0 Å². The summed E-state index contributed by atoms with van der Waals surface area (Å²) in [6.45, 7) is 2.69. The van der Waals surface area contributed by atoms with Crippen molar-refractivity contribution < 1.29 is 0 Å². The number of hydrogen-bond acceptors (Lipinski definition) is 1. The van der Waals surface area contributed by atoms with Crippen molar-refractivity contribution >= 4 is 9.39 Å². The topological polar surface area (TPSA) is 3.24 Å². The molecule has 0 bridgehead atoms. The molecule has 0 aromatic carbocycles. The van der Waals surface area contributed by atoms with Crippen molar-refractivity contribution in [3.8, 4) is 0 Å². The van der Waals surface area contributed by atoms with Crippen LogP contribution in [0.25, 0.3) is 0 Å². The Morgan fingerprint density at radius 2 is 1.86 bits per heavy atom. The van der Waals surface area contributed by atoms with Crippen LogP contribution in [-0.2, 0) is 0 Å². The van der Waals surface area contributed by atoms with Gasteiger partial charge in [-0.15, -0.1) is 0 Å². The van der Waals surface area contributed by atoms with Crippen LogP contribution >= 0.6 is 9.39 Å². The molecule has 0 N–H and O–H groups in total. The number of hydrogen-bond donors (Lipinski definition) is 0. The zero-order valence-corrected chi connectivity index (χ0v) is 5.46. The van der Waals surface area contributed by atoms with E-state index in [4.69, 9.17) is 0 Å². The van der Waals surface area contributed by atoms with Gasteiger partial charge in [0.05, 0.1) is 0 Å². The van der Waals surface area contributed by atoms with Crippen LogP contribution in [0.5, 0.6) is 0 Å². The molecule has 0 spiro atoms. The lowest BCUT2D eigenvalue weighted by atomic mass is 10.4. The van der Waals surface area contributed by atoms with Gasteiger partial charge in [-0.2, -0.15) is 0 Å². The SMILES string of the molecule is PN1CC2CC2C1. The summed E-state index contributed by atoms with van der Waals surface area (Å²) in [5.74, 6) is 2.19. The van der Waals surface area contributed by atoms with Gasteiger partial charge in [0.15, 0.2) is 0 Å². The van der Waals surface area contributed by atoms with Gasteiger partial charge in [0, 0.05) is 13.1 Å². The third-order valence-corrected chi connectivity index (χ3v) is 2.43. The van der Waals surface area contributed by atoms with E-state index in [0.717, 1.165) is 11.8 Å². The summed E-state index contributed by atoms with van der Waals surface area (Å²) in [6.07, 6.45) is 1.52. The molecule has 1 nitrogen and oxygen atoms in total. The van der Waals surface area contributed by atoms with Gasteiger partial charge < -0.3 is 0 Å². The minimum atomic E-state index is 1.09. The Kier molecular flexibility index (Phi) is 0.741. The molecule has 2 fully saturated rings. The second kappa shape index (κ2) is 1.21. The lowest BCUT2D eigenvalue weighted by Crippen LogP contribution is -2.07. The first-order valence-electron chi connectivity index (χ1n) is 2.86. The monoisotopic (exact) mass is 115 g/mol. The van der Waals surface area contributed by atoms with Gasteiger partial charge in [0.25, 0.3) is 0 Å². The summed E-state index contributed by atoms with van der Waals surface area (Å²) in [5.41, 5.74) is 0. The first kappa shape index (κ1) is 4.29. The predicted molar refractivity (Wildman–Crippen MR) is 32.9 cm³/mol. The molecule has 40 valence electrons. The molecule has 2 aliphatic rings. The number of fused-ring (bicyclic) bond motifs is 1. The van der Waals surface area contributed by atoms with Crippen LogP contribution < -0.4 is 0 Å². The van der Waals surface area contributed by atoms with E-state index in [-0.39, 0.29) is 0 Å². The highest BCUT2D eigenvalue weighted by Gasteiger charge is 2.43. The Balaban J connectivity index is 2.02. The fraction of sp³-hybridized carbons (Fsp3) is 1.00. The maximum absolute atomic E-state index is 2.76. The molecule has 3 atom stereocenters. The van der Waals surface area contributed by atoms with Crippen LogP contribution in [0.1, 0.15) is 6.42 Å². The normalized spacial score (nSPS) is 49.3. The summed E-state index contributed by atoms with van der Waals surface area (Å²) in [7, 11) is 2.76. The quantitative estimate of drug-likeness (QED) is 0.420. The molecule has 1 saturated heterocycles. The molecule has 2 rings (SSSR count). The molecule has 1 saturated carbocycles. The van der Waals surface area contributed by atoms with Crippen LogP contribution in [0.4, 0.5) is 0 Å². The van der Waals surface area contributed by atoms with Gasteiger partial charge in [0.1, 0.15) is 0 Å². The number of nitrogens with zero attached hydrogens (tertiary/aromatic N) is 1. The van der Waals surface area contributed by atoms with Gasteiger partial charge >= 0.3 is 0 Å². The molecule has 0 aromatic heterocycles. The fourth-order valence-electron chi connectivity index (χ4n) is 1.43. The molecule has 0 aromatic rings. The Morgan fingerprint density at radius 3 is 2.14 bits per heavy atom. The highest BCUT2D eigenvalue weighted by molar-refractivity contribution is 7.13. The minimum absolute atomic E-state index is 1.09. The van der Waals surface area contributed by atoms with Crippen molar-refractivity contribution in [2.75, 3.05) is 13.1 Å². The third kappa shape index (κ3) is 0.595. The molecule has 3 unspecified atom stereocenters. The van der Waals surface area contributed by atoms with Crippen LogP contribution in [0.15, 0.2) is 0 Å². The lowest BCUT2D eigenvalue weighted by molar-refractivity contribution is 0.517. The average molecular weight is 115 g/mol. The molecule has 0 radical (unpaired) electrons. The van der Waals surface area contributed by atoms with Crippen molar-refractivity contribution in [1.82, 2.24) is 4.67 Å². The fourth-order valence-corrected chi connectivity index (χ4v) is 1.98. The van der Waals surface area contributed by atoms with E-state index in [1.807, 2.05) is 0 Å². The Labute approximate surface area is 46.3 Å². The van der Waals surface area contributed by atoms with Crippen molar-refractivity contribution in [3.05, 3.63) is 0 Å². The van der Waals surface area contributed by atoms with E-state index in [2.05, 4.69) is 14.1 Å².